The van der Waals surface area contributed by atoms with E-state index in [1.54, 1.807) is 24.3 Å². The van der Waals surface area contributed by atoms with E-state index < -0.39 is 29.6 Å². The van der Waals surface area contributed by atoms with Crippen LogP contribution < -0.4 is 20.7 Å². The van der Waals surface area contributed by atoms with Gasteiger partial charge < -0.3 is 30.7 Å². The lowest BCUT2D eigenvalue weighted by molar-refractivity contribution is -0.150. The molecule has 0 fully saturated rings. The molecule has 10 heteroatoms. The first-order chi connectivity index (χ1) is 19.5. The average molecular weight is 587 g/mol. The summed E-state index contributed by atoms with van der Waals surface area (Å²) in [4.78, 5) is 42.0. The third kappa shape index (κ3) is 9.45. The smallest absolute Gasteiger partial charge is 0.246 e. The number of benzene rings is 2. The van der Waals surface area contributed by atoms with Crippen LogP contribution in [0.4, 0.5) is 0 Å². The van der Waals surface area contributed by atoms with Gasteiger partial charge in [0.05, 0.1) is 11.6 Å². The van der Waals surface area contributed by atoms with Crippen LogP contribution >= 0.6 is 11.6 Å². The zero-order valence-corrected chi connectivity index (χ0v) is 25.2. The molecular formula is C31H43ClN4O5. The highest BCUT2D eigenvalue weighted by atomic mass is 35.5. The molecule has 1 aliphatic rings. The summed E-state index contributed by atoms with van der Waals surface area (Å²) in [6.07, 6.45) is 2.86. The Kier molecular flexibility index (Phi) is 12.0. The molecule has 3 amide bonds. The van der Waals surface area contributed by atoms with Gasteiger partial charge in [-0.3, -0.25) is 14.4 Å². The van der Waals surface area contributed by atoms with Crippen LogP contribution in [0.2, 0.25) is 5.02 Å². The number of nitrogens with one attached hydrogen (secondary N) is 3. The van der Waals surface area contributed by atoms with Crippen LogP contribution in [-0.2, 0) is 27.2 Å². The third-order valence-corrected chi connectivity index (χ3v) is 7.41. The molecule has 1 heterocycles. The van der Waals surface area contributed by atoms with E-state index in [2.05, 4.69) is 16.0 Å². The first-order valence-corrected chi connectivity index (χ1v) is 14.6. The molecule has 41 heavy (non-hydrogen) atoms. The highest BCUT2D eigenvalue weighted by Gasteiger charge is 2.41. The molecule has 3 atom stereocenters. The molecule has 2 aromatic rings. The van der Waals surface area contributed by atoms with Crippen molar-refractivity contribution in [3.05, 3.63) is 64.7 Å². The number of halogens is 1. The van der Waals surface area contributed by atoms with Crippen molar-refractivity contribution >= 4 is 29.3 Å². The molecule has 3 rings (SSSR count). The molecule has 0 spiro atoms. The van der Waals surface area contributed by atoms with Crippen molar-refractivity contribution in [3.8, 4) is 5.75 Å². The van der Waals surface area contributed by atoms with Gasteiger partial charge in [-0.1, -0.05) is 55.3 Å². The molecule has 0 saturated carbocycles. The number of ether oxygens (including phenoxy) is 1. The number of nitrogens with zero attached hydrogens (tertiary/aromatic N) is 1. The lowest BCUT2D eigenvalue weighted by atomic mass is 9.94. The second-order valence-electron chi connectivity index (χ2n) is 11.0. The van der Waals surface area contributed by atoms with E-state index in [9.17, 15) is 19.5 Å². The van der Waals surface area contributed by atoms with E-state index in [-0.39, 0.29) is 18.2 Å². The number of hydrogen-bond donors (Lipinski definition) is 4. The molecule has 9 nitrogen and oxygen atoms in total. The lowest BCUT2D eigenvalue weighted by Gasteiger charge is -2.38. The summed E-state index contributed by atoms with van der Waals surface area (Å²) in [6.45, 7) is 6.12. The average Bonchev–Trinajstić information content (AvgIpc) is 2.92. The van der Waals surface area contributed by atoms with Crippen molar-refractivity contribution in [3.63, 3.8) is 0 Å². The molecular weight excluding hydrogens is 544 g/mol. The Balaban J connectivity index is 1.93. The van der Waals surface area contributed by atoms with Gasteiger partial charge in [0, 0.05) is 31.6 Å². The van der Waals surface area contributed by atoms with Crippen LogP contribution in [0.5, 0.6) is 5.75 Å². The molecule has 0 bridgehead atoms. The molecule has 1 unspecified atom stereocenters. The molecule has 0 saturated heterocycles. The number of aryl methyl sites for hydroxylation is 1. The molecule has 4 N–H and O–H groups in total. The number of carbonyl (C=O) groups excluding carboxylic acids is 3. The topological polar surface area (TPSA) is 120 Å². The van der Waals surface area contributed by atoms with Gasteiger partial charge in [0.15, 0.2) is 0 Å². The zero-order valence-electron chi connectivity index (χ0n) is 24.4. The van der Waals surface area contributed by atoms with Crippen LogP contribution in [0.1, 0.15) is 51.2 Å². The standard InChI is InChI=1S/C31H43ClN4O5/c1-5-9-24-30(39)36(4)27(31(2,3)40)29(38)35-25(20-21-13-15-23(32)16-14-21)28(37)34-17-8-11-22-10-6-7-12-26(22)41-19-18-33-24/h6-7,10,12-16,24-25,27,33,40H,5,8-9,11,17-20H2,1-4H3,(H,34,37)(H,35,38)/t24?,25-,27-/m1/s1. The fraction of sp³-hybridized carbons (Fsp3) is 0.516. The fourth-order valence-corrected chi connectivity index (χ4v) is 5.25. The minimum atomic E-state index is -1.58. The Labute approximate surface area is 248 Å². The van der Waals surface area contributed by atoms with Crippen molar-refractivity contribution in [2.24, 2.45) is 0 Å². The Bertz CT molecular complexity index is 1170. The van der Waals surface area contributed by atoms with E-state index >= 15 is 0 Å². The van der Waals surface area contributed by atoms with Gasteiger partial charge in [-0.05, 0) is 62.4 Å². The number of para-hydroxylation sites is 1. The number of carbonyl (C=O) groups is 3. The summed E-state index contributed by atoms with van der Waals surface area (Å²) >= 11 is 6.04. The molecule has 0 aliphatic carbocycles. The number of likely N-dealkylation sites (N-methyl/N-ethyl adjacent to an activating group) is 1. The Morgan fingerprint density at radius 3 is 2.41 bits per heavy atom. The highest BCUT2D eigenvalue weighted by molar-refractivity contribution is 6.30. The van der Waals surface area contributed by atoms with Crippen LogP contribution in [0.3, 0.4) is 0 Å². The van der Waals surface area contributed by atoms with Crippen LogP contribution in [0, 0.1) is 0 Å². The van der Waals surface area contributed by atoms with E-state index in [0.717, 1.165) is 23.3 Å². The zero-order chi connectivity index (χ0) is 30.0. The van der Waals surface area contributed by atoms with Crippen molar-refractivity contribution in [1.29, 1.82) is 0 Å². The Hall–Kier alpha value is -3.14. The van der Waals surface area contributed by atoms with Gasteiger partial charge in [0.25, 0.3) is 0 Å². The van der Waals surface area contributed by atoms with Crippen molar-refractivity contribution in [2.45, 2.75) is 76.6 Å². The summed E-state index contributed by atoms with van der Waals surface area (Å²) < 4.78 is 6.04. The van der Waals surface area contributed by atoms with Crippen LogP contribution in [0.15, 0.2) is 48.5 Å². The second-order valence-corrected chi connectivity index (χ2v) is 11.5. The first kappa shape index (κ1) is 32.4. The van der Waals surface area contributed by atoms with Gasteiger partial charge >= 0.3 is 0 Å². The maximum absolute atomic E-state index is 13.7. The minimum absolute atomic E-state index is 0.210. The fourth-order valence-electron chi connectivity index (χ4n) is 5.12. The number of aliphatic hydroxyl groups is 1. The summed E-state index contributed by atoms with van der Waals surface area (Å²) in [5, 5.41) is 20.6. The van der Waals surface area contributed by atoms with Gasteiger partial charge in [-0.2, -0.15) is 0 Å². The lowest BCUT2D eigenvalue weighted by Crippen LogP contribution is -2.63. The SMILES string of the molecule is CCCC1NCCOc2ccccc2CCCNC(=O)[C@@H](Cc2ccc(Cl)cc2)NC(=O)[C@H](C(C)(C)O)N(C)C1=O. The van der Waals surface area contributed by atoms with E-state index in [4.69, 9.17) is 16.3 Å². The summed E-state index contributed by atoms with van der Waals surface area (Å²) in [5.74, 6) is -0.523. The number of amides is 3. The largest absolute Gasteiger partial charge is 0.492 e. The Morgan fingerprint density at radius 1 is 1.02 bits per heavy atom. The van der Waals surface area contributed by atoms with Gasteiger partial charge in [-0.25, -0.2) is 0 Å². The summed E-state index contributed by atoms with van der Waals surface area (Å²) in [7, 11) is 1.51. The Morgan fingerprint density at radius 2 is 1.73 bits per heavy atom. The highest BCUT2D eigenvalue weighted by Crippen LogP contribution is 2.21. The maximum atomic E-state index is 13.7. The molecule has 1 aliphatic heterocycles. The second kappa shape index (κ2) is 15.2. The van der Waals surface area contributed by atoms with Crippen LogP contribution in [-0.4, -0.2) is 78.2 Å². The monoisotopic (exact) mass is 586 g/mol. The summed E-state index contributed by atoms with van der Waals surface area (Å²) in [6, 6.07) is 12.1. The predicted molar refractivity (Wildman–Crippen MR) is 160 cm³/mol. The molecule has 0 radical (unpaired) electrons. The van der Waals surface area contributed by atoms with Crippen molar-refractivity contribution < 1.29 is 24.2 Å². The molecule has 2 aromatic carbocycles. The van der Waals surface area contributed by atoms with Gasteiger partial charge in [-0.15, -0.1) is 0 Å². The van der Waals surface area contributed by atoms with E-state index in [1.807, 2.05) is 31.2 Å². The van der Waals surface area contributed by atoms with Crippen molar-refractivity contribution in [1.82, 2.24) is 20.9 Å². The van der Waals surface area contributed by atoms with E-state index in [1.165, 1.54) is 25.8 Å². The predicted octanol–water partition coefficient (Wildman–Crippen LogP) is 2.86. The van der Waals surface area contributed by atoms with Gasteiger partial charge in [0.1, 0.15) is 24.4 Å². The van der Waals surface area contributed by atoms with Crippen LogP contribution in [0.25, 0.3) is 0 Å². The normalized spacial score (nSPS) is 22.0. The van der Waals surface area contributed by atoms with E-state index in [0.29, 0.717) is 44.0 Å². The maximum Gasteiger partial charge on any atom is 0.246 e. The molecule has 0 aromatic heterocycles. The first-order valence-electron chi connectivity index (χ1n) is 14.3. The quantitative estimate of drug-likeness (QED) is 0.428. The number of rotatable bonds is 5. The van der Waals surface area contributed by atoms with Gasteiger partial charge in [0.2, 0.25) is 17.7 Å². The summed E-state index contributed by atoms with van der Waals surface area (Å²) in [5.41, 5.74) is 0.252. The van der Waals surface area contributed by atoms with Crippen molar-refractivity contribution in [2.75, 3.05) is 26.7 Å². The minimum Gasteiger partial charge on any atom is -0.492 e. The number of hydrogen-bond acceptors (Lipinski definition) is 6. The third-order valence-electron chi connectivity index (χ3n) is 7.16. The molecule has 224 valence electrons. The number of fused-ring (bicyclic) bond motifs is 1.